The molecule has 1 unspecified atom stereocenters. The molecule has 1 saturated heterocycles. The molecule has 0 aliphatic carbocycles. The van der Waals surface area contributed by atoms with E-state index < -0.39 is 0 Å². The summed E-state index contributed by atoms with van der Waals surface area (Å²) in [5.74, 6) is 0.938. The van der Waals surface area contributed by atoms with Gasteiger partial charge in [-0.2, -0.15) is 0 Å². The molecule has 132 valence electrons. The number of benzene rings is 2. The van der Waals surface area contributed by atoms with Crippen LogP contribution < -0.4 is 10.5 Å². The van der Waals surface area contributed by atoms with E-state index in [1.54, 1.807) is 0 Å². The molecule has 2 N–H and O–H groups in total. The number of nitrogens with zero attached hydrogens (tertiary/aromatic N) is 1. The van der Waals surface area contributed by atoms with Crippen molar-refractivity contribution in [3.05, 3.63) is 65.2 Å². The molecule has 1 aliphatic rings. The Hall–Kier alpha value is -2.33. The van der Waals surface area contributed by atoms with Crippen LogP contribution in [0.15, 0.2) is 48.5 Å². The Bertz CT molecular complexity index is 729. The first-order chi connectivity index (χ1) is 12.1. The highest BCUT2D eigenvalue weighted by Gasteiger charge is 2.21. The van der Waals surface area contributed by atoms with Crippen molar-refractivity contribution in [1.29, 1.82) is 0 Å². The summed E-state index contributed by atoms with van der Waals surface area (Å²) in [6.45, 7) is 4.08. The summed E-state index contributed by atoms with van der Waals surface area (Å²) < 4.78 is 5.89. The Labute approximate surface area is 149 Å². The number of carbonyl (C=O) groups is 1. The van der Waals surface area contributed by atoms with Crippen LogP contribution in [0, 0.1) is 6.92 Å². The Balaban J connectivity index is 1.58. The van der Waals surface area contributed by atoms with Crippen molar-refractivity contribution >= 4 is 5.91 Å². The number of hydrogen-bond acceptors (Lipinski definition) is 3. The fourth-order valence-electron chi connectivity index (χ4n) is 3.24. The van der Waals surface area contributed by atoms with Crippen LogP contribution in [0.2, 0.25) is 0 Å². The molecule has 2 aromatic rings. The van der Waals surface area contributed by atoms with Gasteiger partial charge in [-0.3, -0.25) is 4.79 Å². The second-order valence-electron chi connectivity index (χ2n) is 6.84. The molecule has 1 heterocycles. The molecule has 0 bridgehead atoms. The first-order valence-electron chi connectivity index (χ1n) is 8.91. The average Bonchev–Trinajstić information content (AvgIpc) is 2.60. The third-order valence-corrected chi connectivity index (χ3v) is 4.55. The zero-order valence-electron chi connectivity index (χ0n) is 14.8. The maximum absolute atomic E-state index is 12.5. The summed E-state index contributed by atoms with van der Waals surface area (Å²) in [5, 5.41) is 0. The van der Waals surface area contributed by atoms with Gasteiger partial charge in [0.05, 0.1) is 6.42 Å². The lowest BCUT2D eigenvalue weighted by atomic mass is 10.0. The first kappa shape index (κ1) is 17.5. The van der Waals surface area contributed by atoms with Gasteiger partial charge in [-0.25, -0.2) is 0 Å². The SMILES string of the molecule is Cc1cccc(COc2cccc(CC(=O)N3CCCC(N)C3)c2)c1. The molecule has 1 amide bonds. The first-order valence-corrected chi connectivity index (χ1v) is 8.91. The van der Waals surface area contributed by atoms with Crippen LogP contribution in [0.1, 0.15) is 29.5 Å². The van der Waals surface area contributed by atoms with Crippen LogP contribution in [0.3, 0.4) is 0 Å². The van der Waals surface area contributed by atoms with Gasteiger partial charge in [0, 0.05) is 19.1 Å². The molecular weight excluding hydrogens is 312 g/mol. The number of hydrogen-bond donors (Lipinski definition) is 1. The van der Waals surface area contributed by atoms with Crippen molar-refractivity contribution in [2.45, 2.75) is 38.8 Å². The molecule has 0 saturated carbocycles. The monoisotopic (exact) mass is 338 g/mol. The van der Waals surface area contributed by atoms with Gasteiger partial charge in [0.15, 0.2) is 0 Å². The van der Waals surface area contributed by atoms with Crippen molar-refractivity contribution in [2.75, 3.05) is 13.1 Å². The number of ether oxygens (including phenoxy) is 1. The predicted octanol–water partition coefficient (Wildman–Crippen LogP) is 3.07. The Morgan fingerprint density at radius 2 is 2.00 bits per heavy atom. The van der Waals surface area contributed by atoms with Gasteiger partial charge in [-0.15, -0.1) is 0 Å². The highest BCUT2D eigenvalue weighted by molar-refractivity contribution is 5.79. The largest absolute Gasteiger partial charge is 0.489 e. The number of amides is 1. The van der Waals surface area contributed by atoms with Gasteiger partial charge < -0.3 is 15.4 Å². The van der Waals surface area contributed by atoms with E-state index in [4.69, 9.17) is 10.5 Å². The van der Waals surface area contributed by atoms with Crippen LogP contribution in [0.4, 0.5) is 0 Å². The predicted molar refractivity (Wildman–Crippen MR) is 99.4 cm³/mol. The maximum atomic E-state index is 12.5. The molecule has 0 radical (unpaired) electrons. The summed E-state index contributed by atoms with van der Waals surface area (Å²) in [7, 11) is 0. The minimum Gasteiger partial charge on any atom is -0.489 e. The smallest absolute Gasteiger partial charge is 0.227 e. The van der Waals surface area contributed by atoms with E-state index in [0.29, 0.717) is 19.6 Å². The normalized spacial score (nSPS) is 17.4. The number of nitrogens with two attached hydrogens (primary N) is 1. The van der Waals surface area contributed by atoms with E-state index >= 15 is 0 Å². The van der Waals surface area contributed by atoms with Crippen molar-refractivity contribution < 1.29 is 9.53 Å². The van der Waals surface area contributed by atoms with Gasteiger partial charge in [-0.05, 0) is 43.0 Å². The molecule has 0 spiro atoms. The number of likely N-dealkylation sites (tertiary alicyclic amines) is 1. The molecular formula is C21H26N2O2. The molecule has 1 fully saturated rings. The lowest BCUT2D eigenvalue weighted by Crippen LogP contribution is -2.46. The summed E-state index contributed by atoms with van der Waals surface area (Å²) >= 11 is 0. The molecule has 25 heavy (non-hydrogen) atoms. The number of carbonyl (C=O) groups excluding carboxylic acids is 1. The number of rotatable bonds is 5. The quantitative estimate of drug-likeness (QED) is 0.911. The Morgan fingerprint density at radius 1 is 1.20 bits per heavy atom. The number of aryl methyl sites for hydroxylation is 1. The van der Waals surface area contributed by atoms with E-state index in [-0.39, 0.29) is 11.9 Å². The molecule has 3 rings (SSSR count). The van der Waals surface area contributed by atoms with E-state index in [9.17, 15) is 4.79 Å². The minimum absolute atomic E-state index is 0.113. The van der Waals surface area contributed by atoms with Gasteiger partial charge >= 0.3 is 0 Å². The Kier molecular flexibility index (Phi) is 5.71. The van der Waals surface area contributed by atoms with Crippen molar-refractivity contribution in [2.24, 2.45) is 5.73 Å². The third-order valence-electron chi connectivity index (χ3n) is 4.55. The highest BCUT2D eigenvalue weighted by atomic mass is 16.5. The Morgan fingerprint density at radius 3 is 2.80 bits per heavy atom. The zero-order valence-corrected chi connectivity index (χ0v) is 14.8. The van der Waals surface area contributed by atoms with Crippen LogP contribution in [-0.2, 0) is 17.8 Å². The van der Waals surface area contributed by atoms with E-state index in [1.165, 1.54) is 5.56 Å². The summed E-state index contributed by atoms with van der Waals surface area (Å²) in [4.78, 5) is 14.4. The van der Waals surface area contributed by atoms with Crippen molar-refractivity contribution in [3.63, 3.8) is 0 Å². The highest BCUT2D eigenvalue weighted by Crippen LogP contribution is 2.17. The second-order valence-corrected chi connectivity index (χ2v) is 6.84. The van der Waals surface area contributed by atoms with Crippen molar-refractivity contribution in [3.8, 4) is 5.75 Å². The topological polar surface area (TPSA) is 55.6 Å². The molecule has 1 aliphatic heterocycles. The van der Waals surface area contributed by atoms with Crippen LogP contribution >= 0.6 is 0 Å². The second kappa shape index (κ2) is 8.17. The van der Waals surface area contributed by atoms with E-state index in [2.05, 4.69) is 25.1 Å². The molecule has 4 nitrogen and oxygen atoms in total. The summed E-state index contributed by atoms with van der Waals surface area (Å²) in [5.41, 5.74) is 9.31. The van der Waals surface area contributed by atoms with Crippen LogP contribution in [0.25, 0.3) is 0 Å². The van der Waals surface area contributed by atoms with Gasteiger partial charge in [0.2, 0.25) is 5.91 Å². The lowest BCUT2D eigenvalue weighted by Gasteiger charge is -2.30. The van der Waals surface area contributed by atoms with E-state index in [1.807, 2.05) is 35.2 Å². The standard InChI is InChI=1S/C21H26N2O2/c1-16-5-2-7-18(11-16)15-25-20-9-3-6-17(12-20)13-21(24)23-10-4-8-19(22)14-23/h2-3,5-7,9,11-12,19H,4,8,10,13-15,22H2,1H3. The zero-order chi connectivity index (χ0) is 17.6. The van der Waals surface area contributed by atoms with E-state index in [0.717, 1.165) is 36.3 Å². The summed E-state index contributed by atoms with van der Waals surface area (Å²) in [6, 6.07) is 16.2. The summed E-state index contributed by atoms with van der Waals surface area (Å²) in [6.07, 6.45) is 2.40. The van der Waals surface area contributed by atoms with Gasteiger partial charge in [-0.1, -0.05) is 42.0 Å². The lowest BCUT2D eigenvalue weighted by molar-refractivity contribution is -0.131. The van der Waals surface area contributed by atoms with Crippen LogP contribution in [0.5, 0.6) is 5.75 Å². The third kappa shape index (κ3) is 5.07. The average molecular weight is 338 g/mol. The maximum Gasteiger partial charge on any atom is 0.227 e. The minimum atomic E-state index is 0.113. The van der Waals surface area contributed by atoms with Gasteiger partial charge in [0.1, 0.15) is 12.4 Å². The van der Waals surface area contributed by atoms with Crippen LogP contribution in [-0.4, -0.2) is 29.9 Å². The number of piperidine rings is 1. The molecule has 2 aromatic carbocycles. The molecule has 0 aromatic heterocycles. The fraction of sp³-hybridized carbons (Fsp3) is 0.381. The molecule has 1 atom stereocenters. The molecule has 4 heteroatoms. The fourth-order valence-corrected chi connectivity index (χ4v) is 3.24. The van der Waals surface area contributed by atoms with Gasteiger partial charge in [0.25, 0.3) is 0 Å². The van der Waals surface area contributed by atoms with Crippen molar-refractivity contribution in [1.82, 2.24) is 4.90 Å².